The van der Waals surface area contributed by atoms with Crippen LogP contribution >= 0.6 is 0 Å². The van der Waals surface area contributed by atoms with Crippen LogP contribution in [0.1, 0.15) is 37.8 Å². The fourth-order valence-corrected chi connectivity index (χ4v) is 4.19. The van der Waals surface area contributed by atoms with Gasteiger partial charge in [0, 0.05) is 31.7 Å². The lowest BCUT2D eigenvalue weighted by molar-refractivity contribution is -0.137. The molecule has 26 heavy (non-hydrogen) atoms. The standard InChI is InChI=1S/C23H31NO2/c1-3-26-23(25)22-15-21(14-18(22)2)24(16-19-10-6-4-7-11-19)17-20-12-8-5-9-13-20/h4-13,18,21-23,25H,3,14-17H2,1-2H3. The van der Waals surface area contributed by atoms with E-state index < -0.39 is 6.29 Å². The third kappa shape index (κ3) is 4.94. The van der Waals surface area contributed by atoms with Crippen LogP contribution in [0.2, 0.25) is 0 Å². The minimum absolute atomic E-state index is 0.217. The van der Waals surface area contributed by atoms with E-state index in [-0.39, 0.29) is 5.92 Å². The predicted molar refractivity (Wildman–Crippen MR) is 105 cm³/mol. The summed E-state index contributed by atoms with van der Waals surface area (Å²) in [4.78, 5) is 2.57. The number of hydrogen-bond acceptors (Lipinski definition) is 3. The second-order valence-electron chi connectivity index (χ2n) is 7.49. The zero-order valence-corrected chi connectivity index (χ0v) is 15.9. The second kappa shape index (κ2) is 9.31. The van der Waals surface area contributed by atoms with Crippen molar-refractivity contribution in [2.45, 2.75) is 52.1 Å². The van der Waals surface area contributed by atoms with E-state index in [0.29, 0.717) is 18.6 Å². The fraction of sp³-hybridized carbons (Fsp3) is 0.478. The summed E-state index contributed by atoms with van der Waals surface area (Å²) in [7, 11) is 0. The zero-order valence-electron chi connectivity index (χ0n) is 15.9. The van der Waals surface area contributed by atoms with Crippen molar-refractivity contribution in [2.75, 3.05) is 6.61 Å². The van der Waals surface area contributed by atoms with E-state index in [1.807, 2.05) is 6.92 Å². The summed E-state index contributed by atoms with van der Waals surface area (Å²) in [6.07, 6.45) is 1.45. The Hall–Kier alpha value is -1.68. The van der Waals surface area contributed by atoms with Crippen molar-refractivity contribution < 1.29 is 9.84 Å². The summed E-state index contributed by atoms with van der Waals surface area (Å²) in [6.45, 7) is 6.62. The molecule has 4 atom stereocenters. The number of ether oxygens (including phenoxy) is 1. The third-order valence-corrected chi connectivity index (χ3v) is 5.60. The summed E-state index contributed by atoms with van der Waals surface area (Å²) in [5.41, 5.74) is 2.68. The molecule has 0 radical (unpaired) electrons. The molecule has 0 bridgehead atoms. The van der Waals surface area contributed by atoms with Gasteiger partial charge in [-0.05, 0) is 36.8 Å². The van der Waals surface area contributed by atoms with Crippen LogP contribution in [0.4, 0.5) is 0 Å². The molecular weight excluding hydrogens is 322 g/mol. The normalized spacial score (nSPS) is 24.1. The number of benzene rings is 2. The SMILES string of the molecule is CCOC(O)C1CC(N(Cc2ccccc2)Cc2ccccc2)CC1C. The third-order valence-electron chi connectivity index (χ3n) is 5.60. The van der Waals surface area contributed by atoms with Gasteiger partial charge in [-0.2, -0.15) is 0 Å². The molecule has 0 spiro atoms. The first kappa shape index (κ1) is 19.1. The summed E-state index contributed by atoms with van der Waals surface area (Å²) < 4.78 is 5.50. The molecule has 3 rings (SSSR count). The molecule has 0 aromatic heterocycles. The minimum atomic E-state index is -0.643. The molecule has 2 aromatic rings. The van der Waals surface area contributed by atoms with E-state index in [2.05, 4.69) is 72.5 Å². The van der Waals surface area contributed by atoms with E-state index in [9.17, 15) is 5.11 Å². The molecule has 1 saturated carbocycles. The Bertz CT molecular complexity index is 604. The van der Waals surface area contributed by atoms with Crippen molar-refractivity contribution in [3.05, 3.63) is 71.8 Å². The van der Waals surface area contributed by atoms with Gasteiger partial charge in [0.15, 0.2) is 6.29 Å². The van der Waals surface area contributed by atoms with Crippen molar-refractivity contribution >= 4 is 0 Å². The molecule has 1 N–H and O–H groups in total. The Kier molecular flexibility index (Phi) is 6.84. The molecule has 2 aromatic carbocycles. The molecule has 4 unspecified atom stereocenters. The summed E-state index contributed by atoms with van der Waals surface area (Å²) in [6, 6.07) is 21.8. The monoisotopic (exact) mass is 353 g/mol. The number of nitrogens with zero attached hydrogens (tertiary/aromatic N) is 1. The molecule has 0 saturated heterocycles. The first-order chi connectivity index (χ1) is 12.7. The van der Waals surface area contributed by atoms with Crippen molar-refractivity contribution in [3.8, 4) is 0 Å². The van der Waals surface area contributed by atoms with Crippen molar-refractivity contribution in [1.29, 1.82) is 0 Å². The van der Waals surface area contributed by atoms with Gasteiger partial charge in [-0.25, -0.2) is 0 Å². The van der Waals surface area contributed by atoms with Crippen LogP contribution in [0, 0.1) is 11.8 Å². The highest BCUT2D eigenvalue weighted by molar-refractivity contribution is 5.17. The van der Waals surface area contributed by atoms with Gasteiger partial charge in [0.05, 0.1) is 0 Å². The molecule has 0 heterocycles. The smallest absolute Gasteiger partial charge is 0.157 e. The van der Waals surface area contributed by atoms with Crippen LogP contribution in [0.15, 0.2) is 60.7 Å². The molecule has 1 aliphatic carbocycles. The minimum Gasteiger partial charge on any atom is -0.368 e. The van der Waals surface area contributed by atoms with Crippen molar-refractivity contribution in [1.82, 2.24) is 4.90 Å². The maximum Gasteiger partial charge on any atom is 0.157 e. The Balaban J connectivity index is 1.74. The van der Waals surface area contributed by atoms with Crippen LogP contribution in [-0.4, -0.2) is 28.9 Å². The molecule has 140 valence electrons. The van der Waals surface area contributed by atoms with E-state index >= 15 is 0 Å². The molecule has 0 amide bonds. The Morgan fingerprint density at radius 2 is 1.50 bits per heavy atom. The van der Waals surface area contributed by atoms with Gasteiger partial charge in [0.25, 0.3) is 0 Å². The lowest BCUT2D eigenvalue weighted by atomic mass is 9.98. The van der Waals surface area contributed by atoms with Gasteiger partial charge in [0.2, 0.25) is 0 Å². The predicted octanol–water partition coefficient (Wildman–Crippen LogP) is 4.46. The van der Waals surface area contributed by atoms with Gasteiger partial charge >= 0.3 is 0 Å². The lowest BCUT2D eigenvalue weighted by Gasteiger charge is -2.30. The Morgan fingerprint density at radius 3 is 2.00 bits per heavy atom. The van der Waals surface area contributed by atoms with Gasteiger partial charge in [0.1, 0.15) is 0 Å². The number of aliphatic hydroxyl groups is 1. The molecule has 1 aliphatic rings. The summed E-state index contributed by atoms with van der Waals surface area (Å²) in [5, 5.41) is 10.4. The van der Waals surface area contributed by atoms with Gasteiger partial charge < -0.3 is 9.84 Å². The van der Waals surface area contributed by atoms with Crippen molar-refractivity contribution in [2.24, 2.45) is 11.8 Å². The highest BCUT2D eigenvalue weighted by Crippen LogP contribution is 2.38. The van der Waals surface area contributed by atoms with Crippen LogP contribution < -0.4 is 0 Å². The van der Waals surface area contributed by atoms with Gasteiger partial charge in [-0.1, -0.05) is 67.6 Å². The van der Waals surface area contributed by atoms with E-state index in [1.165, 1.54) is 11.1 Å². The topological polar surface area (TPSA) is 32.7 Å². The number of aliphatic hydroxyl groups excluding tert-OH is 1. The summed E-state index contributed by atoms with van der Waals surface area (Å²) in [5.74, 6) is 0.685. The van der Waals surface area contributed by atoms with E-state index in [0.717, 1.165) is 25.9 Å². The maximum absolute atomic E-state index is 10.4. The molecule has 1 fully saturated rings. The first-order valence-corrected chi connectivity index (χ1v) is 9.79. The molecule has 0 aliphatic heterocycles. The van der Waals surface area contributed by atoms with Crippen molar-refractivity contribution in [3.63, 3.8) is 0 Å². The first-order valence-electron chi connectivity index (χ1n) is 9.79. The zero-order chi connectivity index (χ0) is 18.4. The molecular formula is C23H31NO2. The van der Waals surface area contributed by atoms with E-state index in [1.54, 1.807) is 0 Å². The number of rotatable bonds is 8. The van der Waals surface area contributed by atoms with Crippen LogP contribution in [0.25, 0.3) is 0 Å². The van der Waals surface area contributed by atoms with Crippen LogP contribution in [0.5, 0.6) is 0 Å². The average molecular weight is 354 g/mol. The van der Waals surface area contributed by atoms with Gasteiger partial charge in [-0.15, -0.1) is 0 Å². The summed E-state index contributed by atoms with van der Waals surface area (Å²) >= 11 is 0. The van der Waals surface area contributed by atoms with Crippen LogP contribution in [0.3, 0.4) is 0 Å². The quantitative estimate of drug-likeness (QED) is 0.711. The fourth-order valence-electron chi connectivity index (χ4n) is 4.19. The molecule has 3 nitrogen and oxygen atoms in total. The largest absolute Gasteiger partial charge is 0.368 e. The van der Waals surface area contributed by atoms with Crippen LogP contribution in [-0.2, 0) is 17.8 Å². The molecule has 3 heteroatoms. The Morgan fingerprint density at radius 1 is 0.962 bits per heavy atom. The average Bonchev–Trinajstić information content (AvgIpc) is 3.05. The van der Waals surface area contributed by atoms with Gasteiger partial charge in [-0.3, -0.25) is 4.90 Å². The van der Waals surface area contributed by atoms with E-state index in [4.69, 9.17) is 4.74 Å². The second-order valence-corrected chi connectivity index (χ2v) is 7.49. The lowest BCUT2D eigenvalue weighted by Crippen LogP contribution is -2.33. The maximum atomic E-state index is 10.4. The highest BCUT2D eigenvalue weighted by atomic mass is 16.6. The highest BCUT2D eigenvalue weighted by Gasteiger charge is 2.38. The number of hydrogen-bond donors (Lipinski definition) is 1. The Labute approximate surface area is 157 Å².